The summed E-state index contributed by atoms with van der Waals surface area (Å²) in [4.78, 5) is 17.9. The number of aromatic nitrogens is 5. The lowest BCUT2D eigenvalue weighted by molar-refractivity contribution is 0.485. The second kappa shape index (κ2) is 7.16. The van der Waals surface area contributed by atoms with Gasteiger partial charge in [0.05, 0.1) is 5.39 Å². The second-order valence-corrected chi connectivity index (χ2v) is 9.26. The third-order valence-corrected chi connectivity index (χ3v) is 7.13. The number of H-pyrrole nitrogens is 1. The number of nitrogens with one attached hydrogen (secondary N) is 1. The third kappa shape index (κ3) is 3.17. The standard InChI is InChI=1S/C23H24N6S/c1-14-24-22(19-18(13-30-23(19)25-14)15-5-3-2-4-6-15)29-11-9-17(10-12-29)21-26-20(27-28-21)16-7-8-16/h2-6,13,16-17H,7-12H2,1H3,(H,26,27,28). The van der Waals surface area contributed by atoms with Crippen molar-refractivity contribution >= 4 is 27.4 Å². The zero-order valence-corrected chi connectivity index (χ0v) is 17.8. The number of fused-ring (bicyclic) bond motifs is 1. The predicted molar refractivity (Wildman–Crippen MR) is 120 cm³/mol. The summed E-state index contributed by atoms with van der Waals surface area (Å²) in [6, 6.07) is 10.6. The number of thiophene rings is 1. The molecule has 6 rings (SSSR count). The highest BCUT2D eigenvalue weighted by molar-refractivity contribution is 7.17. The maximum atomic E-state index is 4.90. The Bertz CT molecular complexity index is 1190. The number of aryl methyl sites for hydroxylation is 1. The van der Waals surface area contributed by atoms with Gasteiger partial charge in [0.2, 0.25) is 0 Å². The molecule has 1 aromatic carbocycles. The first-order chi connectivity index (χ1) is 14.8. The fraction of sp³-hybridized carbons (Fsp3) is 0.391. The Kier molecular flexibility index (Phi) is 4.30. The van der Waals surface area contributed by atoms with Crippen molar-refractivity contribution in [2.75, 3.05) is 18.0 Å². The second-order valence-electron chi connectivity index (χ2n) is 8.40. The van der Waals surface area contributed by atoms with Crippen molar-refractivity contribution in [3.63, 3.8) is 0 Å². The normalized spacial score (nSPS) is 17.7. The molecular weight excluding hydrogens is 392 g/mol. The van der Waals surface area contributed by atoms with E-state index in [4.69, 9.17) is 15.0 Å². The van der Waals surface area contributed by atoms with E-state index in [-0.39, 0.29) is 0 Å². The summed E-state index contributed by atoms with van der Waals surface area (Å²) in [5.74, 6) is 5.06. The molecule has 0 amide bonds. The molecule has 1 saturated carbocycles. The van der Waals surface area contributed by atoms with Gasteiger partial charge in [-0.15, -0.1) is 11.3 Å². The molecule has 0 spiro atoms. The number of piperidine rings is 1. The van der Waals surface area contributed by atoms with Crippen molar-refractivity contribution in [1.82, 2.24) is 25.1 Å². The van der Waals surface area contributed by atoms with E-state index in [1.807, 2.05) is 6.92 Å². The van der Waals surface area contributed by atoms with Gasteiger partial charge in [-0.25, -0.2) is 15.0 Å². The maximum Gasteiger partial charge on any atom is 0.153 e. The van der Waals surface area contributed by atoms with Crippen LogP contribution in [0.25, 0.3) is 21.3 Å². The number of nitrogens with zero attached hydrogens (tertiary/aromatic N) is 5. The van der Waals surface area contributed by atoms with Crippen LogP contribution in [0.3, 0.4) is 0 Å². The van der Waals surface area contributed by atoms with Crippen LogP contribution in [-0.4, -0.2) is 38.2 Å². The minimum atomic E-state index is 0.454. The highest BCUT2D eigenvalue weighted by Crippen LogP contribution is 2.41. The van der Waals surface area contributed by atoms with Gasteiger partial charge in [0.15, 0.2) is 5.82 Å². The van der Waals surface area contributed by atoms with E-state index in [0.717, 1.165) is 54.1 Å². The van der Waals surface area contributed by atoms with Crippen molar-refractivity contribution in [2.24, 2.45) is 0 Å². The van der Waals surface area contributed by atoms with Crippen LogP contribution in [0.5, 0.6) is 0 Å². The van der Waals surface area contributed by atoms with Crippen molar-refractivity contribution in [2.45, 2.75) is 44.4 Å². The molecule has 2 aliphatic rings. The van der Waals surface area contributed by atoms with Gasteiger partial charge in [0.1, 0.15) is 22.3 Å². The summed E-state index contributed by atoms with van der Waals surface area (Å²) in [5.41, 5.74) is 2.46. The molecule has 0 unspecified atom stereocenters. The zero-order chi connectivity index (χ0) is 20.1. The minimum absolute atomic E-state index is 0.454. The van der Waals surface area contributed by atoms with Crippen LogP contribution in [0.15, 0.2) is 35.7 Å². The molecule has 4 aromatic rings. The smallest absolute Gasteiger partial charge is 0.153 e. The first-order valence-electron chi connectivity index (χ1n) is 10.7. The molecule has 2 fully saturated rings. The van der Waals surface area contributed by atoms with E-state index < -0.39 is 0 Å². The van der Waals surface area contributed by atoms with Gasteiger partial charge in [-0.3, -0.25) is 5.10 Å². The van der Waals surface area contributed by atoms with E-state index in [1.54, 1.807) is 11.3 Å². The lowest BCUT2D eigenvalue weighted by atomic mass is 9.95. The zero-order valence-electron chi connectivity index (χ0n) is 17.0. The summed E-state index contributed by atoms with van der Waals surface area (Å²) in [7, 11) is 0. The summed E-state index contributed by atoms with van der Waals surface area (Å²) in [5, 5.41) is 11.1. The van der Waals surface area contributed by atoms with Gasteiger partial charge < -0.3 is 4.90 Å². The van der Waals surface area contributed by atoms with Gasteiger partial charge in [-0.1, -0.05) is 30.3 Å². The Morgan fingerprint density at radius 3 is 2.53 bits per heavy atom. The first kappa shape index (κ1) is 18.0. The molecule has 1 aliphatic heterocycles. The van der Waals surface area contributed by atoms with Gasteiger partial charge in [0.25, 0.3) is 0 Å². The maximum absolute atomic E-state index is 4.90. The predicted octanol–water partition coefficient (Wildman–Crippen LogP) is 5.05. The monoisotopic (exact) mass is 416 g/mol. The van der Waals surface area contributed by atoms with Crippen molar-refractivity contribution in [3.05, 3.63) is 53.2 Å². The molecule has 152 valence electrons. The fourth-order valence-corrected chi connectivity index (χ4v) is 5.43. The molecule has 0 bridgehead atoms. The molecule has 3 aromatic heterocycles. The lowest BCUT2D eigenvalue weighted by Gasteiger charge is -2.32. The molecular formula is C23H24N6S. The van der Waals surface area contributed by atoms with Crippen LogP contribution >= 0.6 is 11.3 Å². The van der Waals surface area contributed by atoms with Crippen molar-refractivity contribution in [1.29, 1.82) is 0 Å². The molecule has 0 radical (unpaired) electrons. The van der Waals surface area contributed by atoms with Crippen LogP contribution in [0, 0.1) is 6.92 Å². The molecule has 0 atom stereocenters. The van der Waals surface area contributed by atoms with E-state index >= 15 is 0 Å². The average Bonchev–Trinajstić information content (AvgIpc) is 3.36. The van der Waals surface area contributed by atoms with E-state index in [2.05, 4.69) is 50.8 Å². The van der Waals surface area contributed by atoms with Gasteiger partial charge in [-0.05, 0) is 38.2 Å². The van der Waals surface area contributed by atoms with Gasteiger partial charge in [-0.2, -0.15) is 5.10 Å². The summed E-state index contributed by atoms with van der Waals surface area (Å²) < 4.78 is 0. The highest BCUT2D eigenvalue weighted by Gasteiger charge is 2.30. The van der Waals surface area contributed by atoms with Gasteiger partial charge in [0, 0.05) is 35.9 Å². The first-order valence-corrected chi connectivity index (χ1v) is 11.6. The van der Waals surface area contributed by atoms with E-state index in [1.165, 1.54) is 29.4 Å². The average molecular weight is 417 g/mol. The van der Waals surface area contributed by atoms with Crippen molar-refractivity contribution < 1.29 is 0 Å². The fourth-order valence-electron chi connectivity index (χ4n) is 4.45. The summed E-state index contributed by atoms with van der Waals surface area (Å²) in [6.45, 7) is 3.94. The summed E-state index contributed by atoms with van der Waals surface area (Å²) in [6.07, 6.45) is 4.61. The Morgan fingerprint density at radius 2 is 1.77 bits per heavy atom. The topological polar surface area (TPSA) is 70.6 Å². The lowest BCUT2D eigenvalue weighted by Crippen LogP contribution is -2.34. The molecule has 30 heavy (non-hydrogen) atoms. The third-order valence-electron chi connectivity index (χ3n) is 6.25. The largest absolute Gasteiger partial charge is 0.356 e. The van der Waals surface area contributed by atoms with Crippen LogP contribution in [0.1, 0.15) is 55.0 Å². The Hall–Kier alpha value is -2.80. The highest BCUT2D eigenvalue weighted by atomic mass is 32.1. The van der Waals surface area contributed by atoms with Crippen LogP contribution in [0.4, 0.5) is 5.82 Å². The minimum Gasteiger partial charge on any atom is -0.356 e. The number of anilines is 1. The molecule has 1 N–H and O–H groups in total. The van der Waals surface area contributed by atoms with Crippen LogP contribution in [0.2, 0.25) is 0 Å². The van der Waals surface area contributed by atoms with E-state index in [0.29, 0.717) is 11.8 Å². The number of hydrogen-bond acceptors (Lipinski definition) is 6. The number of aromatic amines is 1. The van der Waals surface area contributed by atoms with Gasteiger partial charge >= 0.3 is 0 Å². The van der Waals surface area contributed by atoms with Crippen LogP contribution < -0.4 is 4.90 Å². The Balaban J connectivity index is 1.30. The number of hydrogen-bond donors (Lipinski definition) is 1. The Morgan fingerprint density at radius 1 is 0.967 bits per heavy atom. The number of benzene rings is 1. The number of rotatable bonds is 4. The molecule has 7 heteroatoms. The molecule has 4 heterocycles. The van der Waals surface area contributed by atoms with E-state index in [9.17, 15) is 0 Å². The van der Waals surface area contributed by atoms with Crippen molar-refractivity contribution in [3.8, 4) is 11.1 Å². The molecule has 1 saturated heterocycles. The van der Waals surface area contributed by atoms with Crippen LogP contribution in [-0.2, 0) is 0 Å². The molecule has 1 aliphatic carbocycles. The summed E-state index contributed by atoms with van der Waals surface area (Å²) >= 11 is 1.71. The SMILES string of the molecule is Cc1nc(N2CCC(c3nc(C4CC4)n[nH]3)CC2)c2c(-c3ccccc3)csc2n1. The quantitative estimate of drug-likeness (QED) is 0.504. The molecule has 6 nitrogen and oxygen atoms in total. The Labute approximate surface area is 179 Å².